The lowest BCUT2D eigenvalue weighted by Gasteiger charge is -2.05. The predicted molar refractivity (Wildman–Crippen MR) is 49.2 cm³/mol. The summed E-state index contributed by atoms with van der Waals surface area (Å²) in [6.45, 7) is -0.224. The molecule has 0 fully saturated rings. The Bertz CT molecular complexity index is 240. The van der Waals surface area contributed by atoms with Gasteiger partial charge in [-0.1, -0.05) is 15.9 Å². The molecule has 0 aliphatic heterocycles. The lowest BCUT2D eigenvalue weighted by molar-refractivity contribution is -0.0327. The minimum Gasteiger partial charge on any atom is -0.214 e. The summed E-state index contributed by atoms with van der Waals surface area (Å²) < 4.78 is 57.6. The van der Waals surface area contributed by atoms with Crippen LogP contribution >= 0.6 is 27.7 Å². The normalized spacial score (nSPS) is 13.2. The highest BCUT2D eigenvalue weighted by Gasteiger charge is 2.27. The van der Waals surface area contributed by atoms with Crippen molar-refractivity contribution in [2.24, 2.45) is 0 Å². The molecule has 80 valence electrons. The predicted octanol–water partition coefficient (Wildman–Crippen LogP) is 1.51. The molecule has 0 radical (unpaired) electrons. The van der Waals surface area contributed by atoms with Crippen LogP contribution in [0.3, 0.4) is 0 Å². The Balaban J connectivity index is 3.59. The smallest absolute Gasteiger partial charge is 0.214 e. The van der Waals surface area contributed by atoms with E-state index in [0.717, 1.165) is 0 Å². The number of rotatable bonds is 5. The fourth-order valence-electron chi connectivity index (χ4n) is 0.403. The van der Waals surface area contributed by atoms with E-state index in [0.29, 0.717) is 0 Å². The number of sulfonamides is 1. The zero-order valence-electron chi connectivity index (χ0n) is 6.27. The highest BCUT2D eigenvalue weighted by Crippen LogP contribution is 2.29. The second kappa shape index (κ2) is 5.42. The van der Waals surface area contributed by atoms with Gasteiger partial charge in [-0.3, -0.25) is 0 Å². The number of nitrogens with one attached hydrogen (secondary N) is 1. The summed E-state index contributed by atoms with van der Waals surface area (Å²) in [5.41, 5.74) is -4.31. The average Bonchev–Trinajstić information content (AvgIpc) is 1.97. The third kappa shape index (κ3) is 8.85. The molecule has 1 N–H and O–H groups in total. The standard InChI is InChI=1S/C4H7BrF3NO2S2/c5-3-13(10,11)9-1-2-12-4(6,7)8/h9H,1-3H2. The lowest BCUT2D eigenvalue weighted by atomic mass is 10.8. The van der Waals surface area contributed by atoms with Crippen LogP contribution < -0.4 is 4.72 Å². The van der Waals surface area contributed by atoms with Gasteiger partial charge in [0.25, 0.3) is 0 Å². The van der Waals surface area contributed by atoms with E-state index < -0.39 is 15.5 Å². The summed E-state index contributed by atoms with van der Waals surface area (Å²) in [4.78, 5) is 0. The van der Waals surface area contributed by atoms with Gasteiger partial charge in [-0.05, 0) is 11.8 Å². The molecular weight excluding hydrogens is 295 g/mol. The minimum absolute atomic E-state index is 0.224. The molecule has 0 aliphatic carbocycles. The number of hydrogen-bond acceptors (Lipinski definition) is 3. The van der Waals surface area contributed by atoms with Gasteiger partial charge in [0.05, 0.1) is 0 Å². The van der Waals surface area contributed by atoms with E-state index in [9.17, 15) is 21.6 Å². The molecule has 3 nitrogen and oxygen atoms in total. The first-order valence-electron chi connectivity index (χ1n) is 3.01. The Morgan fingerprint density at radius 2 is 1.92 bits per heavy atom. The summed E-state index contributed by atoms with van der Waals surface area (Å²) in [6, 6.07) is 0. The van der Waals surface area contributed by atoms with E-state index >= 15 is 0 Å². The van der Waals surface area contributed by atoms with Gasteiger partial charge in [0.2, 0.25) is 10.0 Å². The first kappa shape index (κ1) is 13.5. The fraction of sp³-hybridized carbons (Fsp3) is 1.00. The molecule has 0 aliphatic rings. The second-order valence-corrected chi connectivity index (χ2v) is 6.18. The van der Waals surface area contributed by atoms with E-state index in [-0.39, 0.29) is 28.7 Å². The Hall–Kier alpha value is 0.530. The van der Waals surface area contributed by atoms with Crippen molar-refractivity contribution in [3.63, 3.8) is 0 Å². The number of thioether (sulfide) groups is 1. The van der Waals surface area contributed by atoms with Crippen LogP contribution in [0.4, 0.5) is 13.2 Å². The molecule has 0 bridgehead atoms. The molecule has 0 saturated carbocycles. The molecule has 0 atom stereocenters. The minimum atomic E-state index is -4.31. The van der Waals surface area contributed by atoms with E-state index in [1.165, 1.54) is 0 Å². The van der Waals surface area contributed by atoms with Gasteiger partial charge < -0.3 is 0 Å². The van der Waals surface area contributed by atoms with Crippen LogP contribution in [0.1, 0.15) is 0 Å². The van der Waals surface area contributed by atoms with E-state index in [4.69, 9.17) is 0 Å². The Kier molecular flexibility index (Phi) is 5.64. The second-order valence-electron chi connectivity index (χ2n) is 1.91. The van der Waals surface area contributed by atoms with Crippen LogP contribution in [0.15, 0.2) is 0 Å². The molecule has 0 unspecified atom stereocenters. The van der Waals surface area contributed by atoms with E-state index in [1.807, 2.05) is 4.72 Å². The van der Waals surface area contributed by atoms with Crippen molar-refractivity contribution in [2.45, 2.75) is 5.51 Å². The maximum absolute atomic E-state index is 11.5. The van der Waals surface area contributed by atoms with Crippen LogP contribution in [0.25, 0.3) is 0 Å². The van der Waals surface area contributed by atoms with Gasteiger partial charge in [-0.15, -0.1) is 0 Å². The van der Waals surface area contributed by atoms with Crippen LogP contribution in [0.5, 0.6) is 0 Å². The van der Waals surface area contributed by atoms with Gasteiger partial charge in [0, 0.05) is 12.3 Å². The van der Waals surface area contributed by atoms with Crippen molar-refractivity contribution in [1.82, 2.24) is 4.72 Å². The van der Waals surface area contributed by atoms with Crippen LogP contribution in [0.2, 0.25) is 0 Å². The number of halogens is 4. The third-order valence-corrected chi connectivity index (χ3v) is 4.31. The monoisotopic (exact) mass is 301 g/mol. The van der Waals surface area contributed by atoms with Crippen molar-refractivity contribution in [3.05, 3.63) is 0 Å². The fourth-order valence-corrected chi connectivity index (χ4v) is 1.94. The highest BCUT2D eigenvalue weighted by molar-refractivity contribution is 9.10. The molecule has 0 heterocycles. The van der Waals surface area contributed by atoms with Crippen molar-refractivity contribution >= 4 is 37.7 Å². The molecule has 13 heavy (non-hydrogen) atoms. The molecule has 0 spiro atoms. The van der Waals surface area contributed by atoms with Crippen molar-refractivity contribution in [1.29, 1.82) is 0 Å². The summed E-state index contributed by atoms with van der Waals surface area (Å²) >= 11 is 2.43. The van der Waals surface area contributed by atoms with Crippen molar-refractivity contribution in [3.8, 4) is 0 Å². The molecule has 0 saturated heterocycles. The first-order valence-corrected chi connectivity index (χ1v) is 6.77. The summed E-state index contributed by atoms with van der Waals surface area (Å²) in [6.07, 6.45) is 0. The largest absolute Gasteiger partial charge is 0.441 e. The molecular formula is C4H7BrF3NO2S2. The topological polar surface area (TPSA) is 46.2 Å². The molecule has 9 heteroatoms. The van der Waals surface area contributed by atoms with Gasteiger partial charge in [-0.25, -0.2) is 13.1 Å². The van der Waals surface area contributed by atoms with Gasteiger partial charge in [-0.2, -0.15) is 13.2 Å². The van der Waals surface area contributed by atoms with Gasteiger partial charge >= 0.3 is 5.51 Å². The lowest BCUT2D eigenvalue weighted by Crippen LogP contribution is -2.27. The summed E-state index contributed by atoms with van der Waals surface area (Å²) in [5, 5.41) is 0. The molecule has 0 aromatic rings. The highest BCUT2D eigenvalue weighted by atomic mass is 79.9. The Labute approximate surface area is 86.6 Å². The maximum Gasteiger partial charge on any atom is 0.441 e. The summed E-state index contributed by atoms with van der Waals surface area (Å²) in [7, 11) is -3.45. The molecule has 0 amide bonds. The maximum atomic E-state index is 11.5. The zero-order valence-corrected chi connectivity index (χ0v) is 9.49. The third-order valence-electron chi connectivity index (χ3n) is 0.833. The Morgan fingerprint density at radius 3 is 2.31 bits per heavy atom. The molecule has 0 rings (SSSR count). The average molecular weight is 302 g/mol. The van der Waals surface area contributed by atoms with Crippen molar-refractivity contribution < 1.29 is 21.6 Å². The molecule has 0 aromatic heterocycles. The van der Waals surface area contributed by atoms with Crippen LogP contribution in [-0.2, 0) is 10.0 Å². The summed E-state index contributed by atoms with van der Waals surface area (Å²) in [5.74, 6) is -0.324. The van der Waals surface area contributed by atoms with Crippen molar-refractivity contribution in [2.75, 3.05) is 17.0 Å². The zero-order chi connectivity index (χ0) is 10.5. The van der Waals surface area contributed by atoms with Crippen LogP contribution in [-0.4, -0.2) is 30.9 Å². The quantitative estimate of drug-likeness (QED) is 0.618. The first-order chi connectivity index (χ1) is 5.77. The molecule has 0 aromatic carbocycles. The van der Waals surface area contributed by atoms with E-state index in [1.54, 1.807) is 0 Å². The van der Waals surface area contributed by atoms with E-state index in [2.05, 4.69) is 15.9 Å². The van der Waals surface area contributed by atoms with Crippen LogP contribution in [0, 0.1) is 0 Å². The number of alkyl halides is 4. The SMILES string of the molecule is O=S(=O)(CBr)NCCSC(F)(F)F. The van der Waals surface area contributed by atoms with Gasteiger partial charge in [0.15, 0.2) is 0 Å². The van der Waals surface area contributed by atoms with Gasteiger partial charge in [0.1, 0.15) is 4.66 Å². The number of hydrogen-bond donors (Lipinski definition) is 1. The Morgan fingerprint density at radius 1 is 1.38 bits per heavy atom.